The molecule has 136 valence electrons. The second kappa shape index (κ2) is 8.85. The number of phenols is 1. The number of esters is 1. The van der Waals surface area contributed by atoms with Gasteiger partial charge in [-0.25, -0.2) is 4.79 Å². The van der Waals surface area contributed by atoms with E-state index in [1.54, 1.807) is 24.3 Å². The number of aromatic hydroxyl groups is 1. The van der Waals surface area contributed by atoms with Crippen LogP contribution in [0, 0.1) is 5.92 Å². The molecule has 0 amide bonds. The number of hydrogen-bond acceptors (Lipinski definition) is 5. The molecule has 2 aromatic carbocycles. The molecule has 5 heteroatoms. The van der Waals surface area contributed by atoms with E-state index in [0.717, 1.165) is 0 Å². The number of carbonyl (C=O) groups is 2. The van der Waals surface area contributed by atoms with Crippen LogP contribution in [0.25, 0.3) is 6.08 Å². The van der Waals surface area contributed by atoms with E-state index in [9.17, 15) is 14.7 Å². The number of hydrogen-bond donors (Lipinski definition) is 1. The third kappa shape index (κ3) is 5.21. The van der Waals surface area contributed by atoms with Crippen LogP contribution in [0.1, 0.15) is 35.3 Å². The summed E-state index contributed by atoms with van der Waals surface area (Å²) in [5.41, 5.74) is 1.27. The maximum atomic E-state index is 12.6. The monoisotopic (exact) mass is 354 g/mol. The SMILES string of the molecule is COC(=O)/C=C/c1cc(C(=O)c2ccc(OCC(C)C)cc2)ccc1O. The van der Waals surface area contributed by atoms with Crippen LogP contribution in [0.3, 0.4) is 0 Å². The maximum absolute atomic E-state index is 12.6. The van der Waals surface area contributed by atoms with Crippen molar-refractivity contribution in [3.63, 3.8) is 0 Å². The molecule has 0 saturated carbocycles. The molecule has 0 saturated heterocycles. The van der Waals surface area contributed by atoms with Gasteiger partial charge in [0.2, 0.25) is 0 Å². The summed E-state index contributed by atoms with van der Waals surface area (Å²) in [6, 6.07) is 11.4. The quantitative estimate of drug-likeness (QED) is 0.464. The van der Waals surface area contributed by atoms with Gasteiger partial charge in [-0.2, -0.15) is 0 Å². The Kier molecular flexibility index (Phi) is 6.55. The van der Waals surface area contributed by atoms with Gasteiger partial charge in [0, 0.05) is 22.8 Å². The third-order valence-corrected chi connectivity index (χ3v) is 3.59. The van der Waals surface area contributed by atoms with Gasteiger partial charge in [-0.1, -0.05) is 13.8 Å². The van der Waals surface area contributed by atoms with Gasteiger partial charge in [0.05, 0.1) is 13.7 Å². The van der Waals surface area contributed by atoms with Crippen molar-refractivity contribution < 1.29 is 24.2 Å². The lowest BCUT2D eigenvalue weighted by atomic mass is 10.0. The topological polar surface area (TPSA) is 72.8 Å². The summed E-state index contributed by atoms with van der Waals surface area (Å²) in [5.74, 6) is 0.373. The average molecular weight is 354 g/mol. The number of ketones is 1. The number of ether oxygens (including phenoxy) is 2. The van der Waals surface area contributed by atoms with E-state index in [4.69, 9.17) is 4.74 Å². The lowest BCUT2D eigenvalue weighted by Gasteiger charge is -2.09. The smallest absolute Gasteiger partial charge is 0.330 e. The van der Waals surface area contributed by atoms with Crippen LogP contribution in [0.15, 0.2) is 48.5 Å². The lowest BCUT2D eigenvalue weighted by molar-refractivity contribution is -0.134. The van der Waals surface area contributed by atoms with Crippen LogP contribution in [-0.2, 0) is 9.53 Å². The summed E-state index contributed by atoms with van der Waals surface area (Å²) < 4.78 is 10.1. The molecule has 0 atom stereocenters. The van der Waals surface area contributed by atoms with Gasteiger partial charge in [-0.05, 0) is 54.5 Å². The molecule has 0 fully saturated rings. The lowest BCUT2D eigenvalue weighted by Crippen LogP contribution is -2.05. The second-order valence-corrected chi connectivity index (χ2v) is 6.19. The number of benzene rings is 2. The van der Waals surface area contributed by atoms with Crippen LogP contribution in [0.4, 0.5) is 0 Å². The second-order valence-electron chi connectivity index (χ2n) is 6.19. The minimum Gasteiger partial charge on any atom is -0.507 e. The van der Waals surface area contributed by atoms with E-state index in [1.165, 1.54) is 37.5 Å². The number of phenolic OH excluding ortho intramolecular Hbond substituents is 1. The molecule has 0 aliphatic heterocycles. The normalized spacial score (nSPS) is 10.9. The maximum Gasteiger partial charge on any atom is 0.330 e. The first kappa shape index (κ1) is 19.2. The zero-order valence-corrected chi connectivity index (χ0v) is 15.1. The Hall–Kier alpha value is -3.08. The van der Waals surface area contributed by atoms with Crippen molar-refractivity contribution in [1.29, 1.82) is 0 Å². The molecule has 0 heterocycles. The minimum atomic E-state index is -0.543. The van der Waals surface area contributed by atoms with Gasteiger partial charge in [-0.15, -0.1) is 0 Å². The first-order valence-electron chi connectivity index (χ1n) is 8.27. The van der Waals surface area contributed by atoms with Gasteiger partial charge in [-0.3, -0.25) is 4.79 Å². The highest BCUT2D eigenvalue weighted by atomic mass is 16.5. The highest BCUT2D eigenvalue weighted by Crippen LogP contribution is 2.23. The molecular weight excluding hydrogens is 332 g/mol. The van der Waals surface area contributed by atoms with Crippen molar-refractivity contribution >= 4 is 17.8 Å². The van der Waals surface area contributed by atoms with Crippen LogP contribution in [0.2, 0.25) is 0 Å². The van der Waals surface area contributed by atoms with Gasteiger partial charge < -0.3 is 14.6 Å². The van der Waals surface area contributed by atoms with Crippen molar-refractivity contribution in [2.75, 3.05) is 13.7 Å². The zero-order chi connectivity index (χ0) is 19.1. The number of methoxy groups -OCH3 is 1. The van der Waals surface area contributed by atoms with E-state index < -0.39 is 5.97 Å². The average Bonchev–Trinajstić information content (AvgIpc) is 2.65. The highest BCUT2D eigenvalue weighted by molar-refractivity contribution is 6.09. The predicted molar refractivity (Wildman–Crippen MR) is 99.4 cm³/mol. The molecule has 0 spiro atoms. The molecule has 0 aromatic heterocycles. The van der Waals surface area contributed by atoms with Gasteiger partial charge in [0.15, 0.2) is 5.78 Å². The van der Waals surface area contributed by atoms with Gasteiger partial charge in [0.25, 0.3) is 0 Å². The van der Waals surface area contributed by atoms with Gasteiger partial charge >= 0.3 is 5.97 Å². The molecule has 0 bridgehead atoms. The summed E-state index contributed by atoms with van der Waals surface area (Å²) >= 11 is 0. The molecule has 0 unspecified atom stereocenters. The van der Waals surface area contributed by atoms with Crippen LogP contribution < -0.4 is 4.74 Å². The summed E-state index contributed by atoms with van der Waals surface area (Å²) in [4.78, 5) is 23.8. The minimum absolute atomic E-state index is 0.0286. The standard InChI is InChI=1S/C21H22O5/c1-14(2)13-26-18-8-4-15(5-9-18)21(24)17-6-10-19(22)16(12-17)7-11-20(23)25-3/h4-12,14,22H,13H2,1-3H3/b11-7+. The Morgan fingerprint density at radius 1 is 1.08 bits per heavy atom. The molecule has 0 aliphatic rings. The van der Waals surface area contributed by atoms with Crippen molar-refractivity contribution in [3.8, 4) is 11.5 Å². The van der Waals surface area contributed by atoms with Crippen LogP contribution >= 0.6 is 0 Å². The molecule has 2 aromatic rings. The number of rotatable bonds is 7. The summed E-state index contributed by atoms with van der Waals surface area (Å²) in [6.45, 7) is 4.74. The first-order chi connectivity index (χ1) is 12.4. The van der Waals surface area contributed by atoms with E-state index in [-0.39, 0.29) is 11.5 Å². The molecule has 0 radical (unpaired) electrons. The fourth-order valence-corrected chi connectivity index (χ4v) is 2.19. The molecular formula is C21H22O5. The van der Waals surface area contributed by atoms with Crippen molar-refractivity contribution in [3.05, 3.63) is 65.2 Å². The predicted octanol–water partition coefficient (Wildman–Crippen LogP) is 3.84. The Labute approximate surface area is 152 Å². The summed E-state index contributed by atoms with van der Waals surface area (Å²) in [5, 5.41) is 9.88. The van der Waals surface area contributed by atoms with E-state index in [0.29, 0.717) is 35.0 Å². The van der Waals surface area contributed by atoms with Crippen molar-refractivity contribution in [2.45, 2.75) is 13.8 Å². The molecule has 2 rings (SSSR count). The Morgan fingerprint density at radius 3 is 2.35 bits per heavy atom. The van der Waals surface area contributed by atoms with Crippen LogP contribution in [0.5, 0.6) is 11.5 Å². The van der Waals surface area contributed by atoms with Gasteiger partial charge in [0.1, 0.15) is 11.5 Å². The molecule has 0 aliphatic carbocycles. The highest BCUT2D eigenvalue weighted by Gasteiger charge is 2.11. The fourth-order valence-electron chi connectivity index (χ4n) is 2.19. The fraction of sp³-hybridized carbons (Fsp3) is 0.238. The molecule has 5 nitrogen and oxygen atoms in total. The van der Waals surface area contributed by atoms with E-state index in [2.05, 4.69) is 18.6 Å². The Bertz CT molecular complexity index is 804. The van der Waals surface area contributed by atoms with E-state index in [1.807, 2.05) is 0 Å². The molecule has 26 heavy (non-hydrogen) atoms. The van der Waals surface area contributed by atoms with Crippen molar-refractivity contribution in [2.24, 2.45) is 5.92 Å². The first-order valence-corrected chi connectivity index (χ1v) is 8.27. The number of carbonyl (C=O) groups excluding carboxylic acids is 2. The van der Waals surface area contributed by atoms with E-state index >= 15 is 0 Å². The zero-order valence-electron chi connectivity index (χ0n) is 15.1. The van der Waals surface area contributed by atoms with Crippen LogP contribution in [-0.4, -0.2) is 30.6 Å². The molecule has 1 N–H and O–H groups in total. The summed E-state index contributed by atoms with van der Waals surface area (Å²) in [7, 11) is 1.26. The largest absolute Gasteiger partial charge is 0.507 e. The third-order valence-electron chi connectivity index (χ3n) is 3.59. The van der Waals surface area contributed by atoms with Crippen molar-refractivity contribution in [1.82, 2.24) is 0 Å². The Balaban J connectivity index is 2.18. The Morgan fingerprint density at radius 2 is 1.73 bits per heavy atom. The summed E-state index contributed by atoms with van der Waals surface area (Å²) in [6.07, 6.45) is 2.59.